The lowest BCUT2D eigenvalue weighted by Gasteiger charge is -2.08. The van der Waals surface area contributed by atoms with Crippen molar-refractivity contribution in [1.82, 2.24) is 9.38 Å². The Morgan fingerprint density at radius 2 is 1.95 bits per heavy atom. The Labute approximate surface area is 117 Å². The fourth-order valence-electron chi connectivity index (χ4n) is 2.26. The Kier molecular flexibility index (Phi) is 3.30. The van der Waals surface area contributed by atoms with Crippen LogP contribution in [-0.2, 0) is 0 Å². The zero-order valence-electron chi connectivity index (χ0n) is 11.1. The first-order valence-corrected chi connectivity index (χ1v) is 7.44. The predicted molar refractivity (Wildman–Crippen MR) is 81.8 cm³/mol. The second-order valence-corrected chi connectivity index (χ2v) is 5.80. The molecule has 0 fully saturated rings. The van der Waals surface area contributed by atoms with E-state index < -0.39 is 0 Å². The van der Waals surface area contributed by atoms with Gasteiger partial charge in [0.2, 0.25) is 0 Å². The van der Waals surface area contributed by atoms with Gasteiger partial charge in [-0.25, -0.2) is 4.98 Å². The molecule has 0 saturated carbocycles. The summed E-state index contributed by atoms with van der Waals surface area (Å²) in [5, 5.41) is 0. The molecule has 96 valence electrons. The molecule has 0 atom stereocenters. The minimum absolute atomic E-state index is 1.00. The Morgan fingerprint density at radius 3 is 2.79 bits per heavy atom. The summed E-state index contributed by atoms with van der Waals surface area (Å²) in [5.74, 6) is 1.09. The number of thioether (sulfide) groups is 1. The van der Waals surface area contributed by atoms with Crippen molar-refractivity contribution < 1.29 is 0 Å². The van der Waals surface area contributed by atoms with Crippen molar-refractivity contribution in [1.29, 1.82) is 0 Å². The SMILES string of the molecule is CCSc1ccccc1-c1ccc2nc(C)cn2c1. The number of fused-ring (bicyclic) bond motifs is 1. The molecule has 0 aliphatic carbocycles. The van der Waals surface area contributed by atoms with Crippen LogP contribution in [0.3, 0.4) is 0 Å². The van der Waals surface area contributed by atoms with Crippen LogP contribution in [0.4, 0.5) is 0 Å². The number of rotatable bonds is 3. The van der Waals surface area contributed by atoms with Gasteiger partial charge in [-0.2, -0.15) is 0 Å². The molecule has 0 amide bonds. The molecule has 0 unspecified atom stereocenters. The minimum Gasteiger partial charge on any atom is -0.306 e. The minimum atomic E-state index is 1.00. The predicted octanol–water partition coefficient (Wildman–Crippen LogP) is 4.42. The Balaban J connectivity index is 2.13. The molecule has 19 heavy (non-hydrogen) atoms. The summed E-state index contributed by atoms with van der Waals surface area (Å²) in [6.45, 7) is 4.21. The van der Waals surface area contributed by atoms with E-state index in [0.717, 1.165) is 17.1 Å². The topological polar surface area (TPSA) is 17.3 Å². The molecule has 0 bridgehead atoms. The number of benzene rings is 1. The van der Waals surface area contributed by atoms with Crippen LogP contribution in [0.5, 0.6) is 0 Å². The third-order valence-corrected chi connectivity index (χ3v) is 4.03. The monoisotopic (exact) mass is 268 g/mol. The van der Waals surface area contributed by atoms with Gasteiger partial charge in [0.15, 0.2) is 0 Å². The number of aromatic nitrogens is 2. The number of aryl methyl sites for hydroxylation is 1. The van der Waals surface area contributed by atoms with Crippen molar-refractivity contribution >= 4 is 17.4 Å². The van der Waals surface area contributed by atoms with Crippen molar-refractivity contribution in [2.24, 2.45) is 0 Å². The molecule has 0 aliphatic rings. The van der Waals surface area contributed by atoms with E-state index in [0.29, 0.717) is 0 Å². The zero-order valence-corrected chi connectivity index (χ0v) is 11.9. The summed E-state index contributed by atoms with van der Waals surface area (Å²) in [5.41, 5.74) is 4.58. The molecule has 2 heterocycles. The smallest absolute Gasteiger partial charge is 0.136 e. The van der Waals surface area contributed by atoms with Crippen molar-refractivity contribution in [3.8, 4) is 11.1 Å². The van der Waals surface area contributed by atoms with E-state index in [1.807, 2.05) is 18.7 Å². The molecule has 0 saturated heterocycles. The molecule has 0 N–H and O–H groups in total. The van der Waals surface area contributed by atoms with Gasteiger partial charge in [0, 0.05) is 17.3 Å². The molecule has 3 aromatic rings. The third kappa shape index (κ3) is 2.38. The van der Waals surface area contributed by atoms with Gasteiger partial charge in [0.25, 0.3) is 0 Å². The summed E-state index contributed by atoms with van der Waals surface area (Å²) in [6, 6.07) is 12.8. The van der Waals surface area contributed by atoms with Gasteiger partial charge in [0.1, 0.15) is 5.65 Å². The first kappa shape index (κ1) is 12.3. The molecule has 2 nitrogen and oxygen atoms in total. The van der Waals surface area contributed by atoms with E-state index in [4.69, 9.17) is 0 Å². The molecule has 2 aromatic heterocycles. The van der Waals surface area contributed by atoms with Crippen LogP contribution in [0, 0.1) is 6.92 Å². The lowest BCUT2D eigenvalue weighted by atomic mass is 10.1. The van der Waals surface area contributed by atoms with E-state index in [1.165, 1.54) is 16.0 Å². The van der Waals surface area contributed by atoms with Crippen LogP contribution < -0.4 is 0 Å². The van der Waals surface area contributed by atoms with Crippen molar-refractivity contribution in [3.05, 3.63) is 54.5 Å². The molecular formula is C16H16N2S. The number of imidazole rings is 1. The van der Waals surface area contributed by atoms with Gasteiger partial charge >= 0.3 is 0 Å². The summed E-state index contributed by atoms with van der Waals surface area (Å²) >= 11 is 1.88. The van der Waals surface area contributed by atoms with Crippen LogP contribution in [0.2, 0.25) is 0 Å². The van der Waals surface area contributed by atoms with Crippen molar-refractivity contribution in [3.63, 3.8) is 0 Å². The number of hydrogen-bond donors (Lipinski definition) is 0. The molecule has 3 heteroatoms. The van der Waals surface area contributed by atoms with Gasteiger partial charge in [0.05, 0.1) is 5.69 Å². The Morgan fingerprint density at radius 1 is 1.11 bits per heavy atom. The highest BCUT2D eigenvalue weighted by molar-refractivity contribution is 7.99. The fraction of sp³-hybridized carbons (Fsp3) is 0.188. The van der Waals surface area contributed by atoms with E-state index in [9.17, 15) is 0 Å². The Hall–Kier alpha value is -1.74. The first-order chi connectivity index (χ1) is 9.28. The van der Waals surface area contributed by atoms with Crippen LogP contribution in [0.1, 0.15) is 12.6 Å². The maximum Gasteiger partial charge on any atom is 0.136 e. The van der Waals surface area contributed by atoms with E-state index in [2.05, 4.69) is 65.1 Å². The maximum absolute atomic E-state index is 4.46. The third-order valence-electron chi connectivity index (χ3n) is 3.07. The number of nitrogens with zero attached hydrogens (tertiary/aromatic N) is 2. The van der Waals surface area contributed by atoms with Gasteiger partial charge < -0.3 is 4.40 Å². The second kappa shape index (κ2) is 5.10. The lowest BCUT2D eigenvalue weighted by Crippen LogP contribution is -1.87. The van der Waals surface area contributed by atoms with Gasteiger partial charge in [-0.15, -0.1) is 11.8 Å². The van der Waals surface area contributed by atoms with Crippen molar-refractivity contribution in [2.45, 2.75) is 18.7 Å². The maximum atomic E-state index is 4.46. The number of pyridine rings is 1. The second-order valence-electron chi connectivity index (χ2n) is 4.49. The molecule has 3 rings (SSSR count). The van der Waals surface area contributed by atoms with Crippen LogP contribution in [0.15, 0.2) is 53.7 Å². The van der Waals surface area contributed by atoms with E-state index >= 15 is 0 Å². The average molecular weight is 268 g/mol. The average Bonchev–Trinajstić information content (AvgIpc) is 2.79. The standard InChI is InChI=1S/C16H16N2S/c1-3-19-15-7-5-4-6-14(15)13-8-9-16-17-12(2)10-18(16)11-13/h4-11H,3H2,1-2H3. The fourth-order valence-corrected chi connectivity index (χ4v) is 3.09. The van der Waals surface area contributed by atoms with Gasteiger partial charge in [-0.1, -0.05) is 25.1 Å². The normalized spacial score (nSPS) is 11.1. The molecule has 0 aliphatic heterocycles. The molecular weight excluding hydrogens is 252 g/mol. The van der Waals surface area contributed by atoms with Crippen molar-refractivity contribution in [2.75, 3.05) is 5.75 Å². The largest absolute Gasteiger partial charge is 0.306 e. The van der Waals surface area contributed by atoms with E-state index in [-0.39, 0.29) is 0 Å². The van der Waals surface area contributed by atoms with Gasteiger partial charge in [-0.3, -0.25) is 0 Å². The zero-order chi connectivity index (χ0) is 13.2. The molecule has 0 radical (unpaired) electrons. The van der Waals surface area contributed by atoms with E-state index in [1.54, 1.807) is 0 Å². The quantitative estimate of drug-likeness (QED) is 0.654. The van der Waals surface area contributed by atoms with Crippen LogP contribution in [0.25, 0.3) is 16.8 Å². The summed E-state index contributed by atoms with van der Waals surface area (Å²) in [7, 11) is 0. The highest BCUT2D eigenvalue weighted by atomic mass is 32.2. The summed E-state index contributed by atoms with van der Waals surface area (Å²) in [4.78, 5) is 5.80. The number of hydrogen-bond acceptors (Lipinski definition) is 2. The highest BCUT2D eigenvalue weighted by Gasteiger charge is 2.06. The van der Waals surface area contributed by atoms with Crippen LogP contribution in [-0.4, -0.2) is 15.1 Å². The highest BCUT2D eigenvalue weighted by Crippen LogP contribution is 2.31. The summed E-state index contributed by atoms with van der Waals surface area (Å²) in [6.07, 6.45) is 4.22. The van der Waals surface area contributed by atoms with Gasteiger partial charge in [-0.05, 0) is 42.0 Å². The summed E-state index contributed by atoms with van der Waals surface area (Å²) < 4.78 is 2.10. The Bertz CT molecular complexity index is 716. The lowest BCUT2D eigenvalue weighted by molar-refractivity contribution is 1.18. The molecule has 1 aromatic carbocycles. The molecule has 0 spiro atoms. The van der Waals surface area contributed by atoms with Crippen LogP contribution >= 0.6 is 11.8 Å². The first-order valence-electron chi connectivity index (χ1n) is 6.45.